The van der Waals surface area contributed by atoms with Crippen molar-refractivity contribution in [2.45, 2.75) is 65.1 Å². The lowest BCUT2D eigenvalue weighted by molar-refractivity contribution is -0.137. The maximum Gasteiger partial charge on any atom is 0.237 e. The molecule has 4 nitrogen and oxygen atoms in total. The van der Waals surface area contributed by atoms with Gasteiger partial charge in [-0.15, -0.1) is 0 Å². The van der Waals surface area contributed by atoms with Gasteiger partial charge in [0, 0.05) is 18.6 Å². The van der Waals surface area contributed by atoms with Gasteiger partial charge in [0.15, 0.2) is 0 Å². The van der Waals surface area contributed by atoms with Crippen LogP contribution >= 0.6 is 0 Å². The predicted molar refractivity (Wildman–Crippen MR) is 75.9 cm³/mol. The van der Waals surface area contributed by atoms with Crippen LogP contribution in [0.25, 0.3) is 0 Å². The van der Waals surface area contributed by atoms with E-state index in [1.807, 2.05) is 0 Å². The first-order valence-electron chi connectivity index (χ1n) is 7.35. The molecule has 0 radical (unpaired) electrons. The lowest BCUT2D eigenvalue weighted by Gasteiger charge is -2.52. The third kappa shape index (κ3) is 2.65. The van der Waals surface area contributed by atoms with Gasteiger partial charge in [-0.1, -0.05) is 27.7 Å². The van der Waals surface area contributed by atoms with Crippen molar-refractivity contribution in [1.29, 1.82) is 0 Å². The maximum absolute atomic E-state index is 12.5. The van der Waals surface area contributed by atoms with Crippen LogP contribution in [-0.2, 0) is 9.53 Å². The van der Waals surface area contributed by atoms with Crippen LogP contribution in [0.15, 0.2) is 0 Å². The van der Waals surface area contributed by atoms with Crippen LogP contribution in [0.3, 0.4) is 0 Å². The van der Waals surface area contributed by atoms with Gasteiger partial charge in [0.05, 0.1) is 12.1 Å². The van der Waals surface area contributed by atoms with Gasteiger partial charge in [-0.2, -0.15) is 0 Å². The Morgan fingerprint density at radius 2 is 2.00 bits per heavy atom. The summed E-state index contributed by atoms with van der Waals surface area (Å²) < 4.78 is 5.43. The predicted octanol–water partition coefficient (Wildman–Crippen LogP) is 1.69. The van der Waals surface area contributed by atoms with Gasteiger partial charge in [0.1, 0.15) is 0 Å². The van der Waals surface area contributed by atoms with Crippen molar-refractivity contribution in [2.24, 2.45) is 10.8 Å². The van der Waals surface area contributed by atoms with Crippen LogP contribution in [0.5, 0.6) is 0 Å². The van der Waals surface area contributed by atoms with Crippen LogP contribution in [0.2, 0.25) is 0 Å². The fourth-order valence-electron chi connectivity index (χ4n) is 3.44. The monoisotopic (exact) mass is 268 g/mol. The number of hydrogen-bond acceptors (Lipinski definition) is 3. The molecule has 0 aromatic heterocycles. The second kappa shape index (κ2) is 5.06. The van der Waals surface area contributed by atoms with E-state index in [9.17, 15) is 4.79 Å². The van der Waals surface area contributed by atoms with Gasteiger partial charge in [-0.3, -0.25) is 4.79 Å². The zero-order valence-corrected chi connectivity index (χ0v) is 12.9. The Labute approximate surface area is 116 Å². The summed E-state index contributed by atoms with van der Waals surface area (Å²) in [6.45, 7) is 9.61. The minimum Gasteiger partial charge on any atom is -0.381 e. The van der Waals surface area contributed by atoms with Crippen molar-refractivity contribution >= 4 is 5.91 Å². The molecule has 0 spiro atoms. The molecular formula is C15H28N2O2. The molecule has 2 aliphatic rings. The lowest BCUT2D eigenvalue weighted by Crippen LogP contribution is -2.65. The molecule has 4 heteroatoms. The molecule has 1 aliphatic carbocycles. The fourth-order valence-corrected chi connectivity index (χ4v) is 3.44. The lowest BCUT2D eigenvalue weighted by atomic mass is 9.64. The summed E-state index contributed by atoms with van der Waals surface area (Å²) in [6.07, 6.45) is 3.43. The number of piperidine rings is 1. The quantitative estimate of drug-likeness (QED) is 0.819. The minimum atomic E-state index is -0.0707. The Morgan fingerprint density at radius 3 is 2.53 bits per heavy atom. The smallest absolute Gasteiger partial charge is 0.237 e. The van der Waals surface area contributed by atoms with Crippen LogP contribution in [0.1, 0.15) is 47.0 Å². The first-order valence-corrected chi connectivity index (χ1v) is 7.35. The highest BCUT2D eigenvalue weighted by Gasteiger charge is 2.50. The average molecular weight is 268 g/mol. The van der Waals surface area contributed by atoms with E-state index in [0.29, 0.717) is 0 Å². The summed E-state index contributed by atoms with van der Waals surface area (Å²) in [5.41, 5.74) is 0.0695. The molecule has 2 rings (SSSR count). The standard InChI is InChI=1S/C15H28N2O2/c1-14(2)7-6-8-16-12(14)13(18)17-10-9-11(19-5)15(10,3)4/h10-12,16H,6-9H2,1-5H3,(H,17,18). The van der Waals surface area contributed by atoms with Crippen LogP contribution in [-0.4, -0.2) is 37.7 Å². The van der Waals surface area contributed by atoms with E-state index < -0.39 is 0 Å². The summed E-state index contributed by atoms with van der Waals surface area (Å²) in [7, 11) is 1.75. The zero-order chi connectivity index (χ0) is 14.3. The highest BCUT2D eigenvalue weighted by Crippen LogP contribution is 2.42. The van der Waals surface area contributed by atoms with Gasteiger partial charge in [0.25, 0.3) is 0 Å². The minimum absolute atomic E-state index is 0.0310. The molecule has 3 atom stereocenters. The van der Waals surface area contributed by atoms with E-state index in [1.165, 1.54) is 0 Å². The topological polar surface area (TPSA) is 50.4 Å². The summed E-state index contributed by atoms with van der Waals surface area (Å²) in [5.74, 6) is 0.150. The Hall–Kier alpha value is -0.610. The normalized spacial score (nSPS) is 36.4. The van der Waals surface area contributed by atoms with Crippen molar-refractivity contribution in [3.05, 3.63) is 0 Å². The third-order valence-corrected chi connectivity index (χ3v) is 5.17. The maximum atomic E-state index is 12.5. The summed E-state index contributed by atoms with van der Waals surface area (Å²) in [5, 5.41) is 6.59. The fraction of sp³-hybridized carbons (Fsp3) is 0.933. The van der Waals surface area contributed by atoms with E-state index in [4.69, 9.17) is 4.74 Å². The molecule has 110 valence electrons. The van der Waals surface area contributed by atoms with Crippen molar-refractivity contribution in [3.63, 3.8) is 0 Å². The van der Waals surface area contributed by atoms with Gasteiger partial charge >= 0.3 is 0 Å². The summed E-state index contributed by atoms with van der Waals surface area (Å²) in [6, 6.07) is 0.156. The van der Waals surface area contributed by atoms with Crippen molar-refractivity contribution in [3.8, 4) is 0 Å². The zero-order valence-electron chi connectivity index (χ0n) is 12.9. The second-order valence-corrected chi connectivity index (χ2v) is 7.32. The molecule has 1 heterocycles. The molecule has 0 aromatic rings. The number of amides is 1. The number of carbonyl (C=O) groups is 1. The van der Waals surface area contributed by atoms with Gasteiger partial charge in [0.2, 0.25) is 5.91 Å². The molecule has 1 saturated heterocycles. The molecule has 1 saturated carbocycles. The van der Waals surface area contributed by atoms with E-state index in [0.717, 1.165) is 25.8 Å². The molecular weight excluding hydrogens is 240 g/mol. The molecule has 3 unspecified atom stereocenters. The van der Waals surface area contributed by atoms with Crippen molar-refractivity contribution in [2.75, 3.05) is 13.7 Å². The second-order valence-electron chi connectivity index (χ2n) is 7.32. The highest BCUT2D eigenvalue weighted by atomic mass is 16.5. The SMILES string of the molecule is COC1CC(NC(=O)C2NCCCC2(C)C)C1(C)C. The largest absolute Gasteiger partial charge is 0.381 e. The van der Waals surface area contributed by atoms with Gasteiger partial charge in [-0.25, -0.2) is 0 Å². The van der Waals surface area contributed by atoms with Crippen molar-refractivity contribution in [1.82, 2.24) is 10.6 Å². The average Bonchev–Trinajstić information content (AvgIpc) is 2.33. The number of carbonyl (C=O) groups excluding carboxylic acids is 1. The number of ether oxygens (including phenoxy) is 1. The number of methoxy groups -OCH3 is 1. The Kier molecular flexibility index (Phi) is 3.94. The molecule has 0 bridgehead atoms. The number of hydrogen-bond donors (Lipinski definition) is 2. The first-order chi connectivity index (χ1) is 8.79. The van der Waals surface area contributed by atoms with E-state index in [2.05, 4.69) is 38.3 Å². The summed E-state index contributed by atoms with van der Waals surface area (Å²) >= 11 is 0. The third-order valence-electron chi connectivity index (χ3n) is 5.17. The van der Waals surface area contributed by atoms with Crippen molar-refractivity contribution < 1.29 is 9.53 Å². The van der Waals surface area contributed by atoms with Gasteiger partial charge in [-0.05, 0) is 31.2 Å². The molecule has 0 aromatic carbocycles. The molecule has 1 aliphatic heterocycles. The molecule has 2 N–H and O–H groups in total. The van der Waals surface area contributed by atoms with Gasteiger partial charge < -0.3 is 15.4 Å². The summed E-state index contributed by atoms with van der Waals surface area (Å²) in [4.78, 5) is 12.5. The van der Waals surface area contributed by atoms with E-state index in [-0.39, 0.29) is 34.9 Å². The van der Waals surface area contributed by atoms with Crippen LogP contribution in [0, 0.1) is 10.8 Å². The molecule has 19 heavy (non-hydrogen) atoms. The van der Waals surface area contributed by atoms with Crippen LogP contribution < -0.4 is 10.6 Å². The molecule has 2 fully saturated rings. The highest BCUT2D eigenvalue weighted by molar-refractivity contribution is 5.83. The van der Waals surface area contributed by atoms with E-state index in [1.54, 1.807) is 7.11 Å². The van der Waals surface area contributed by atoms with Crippen LogP contribution in [0.4, 0.5) is 0 Å². The van der Waals surface area contributed by atoms with E-state index >= 15 is 0 Å². The number of rotatable bonds is 3. The Balaban J connectivity index is 1.95. The molecule has 1 amide bonds. The Bertz CT molecular complexity index is 352. The first kappa shape index (κ1) is 14.8. The Morgan fingerprint density at radius 1 is 1.32 bits per heavy atom. The number of nitrogens with one attached hydrogen (secondary N) is 2.